The standard InChI is InChI=1S/C22H29NO2/c1-17-7-6-8-18(2)23(17)15-21(24)16-25-22-13-11-20(12-14-22)19-9-4-3-5-10-19/h3-5,9-14,17-18,21,24H,6-8,15-16H2,1-2H3/t17-,18-,21-/m0/s1. The van der Waals surface area contributed by atoms with Gasteiger partial charge in [-0.1, -0.05) is 48.9 Å². The molecule has 0 bridgehead atoms. The fourth-order valence-electron chi connectivity index (χ4n) is 3.70. The number of nitrogens with zero attached hydrogens (tertiary/aromatic N) is 1. The highest BCUT2D eigenvalue weighted by atomic mass is 16.5. The maximum atomic E-state index is 10.4. The highest BCUT2D eigenvalue weighted by Crippen LogP contribution is 2.24. The minimum absolute atomic E-state index is 0.334. The Bertz CT molecular complexity index is 631. The van der Waals surface area contributed by atoms with Gasteiger partial charge in [-0.25, -0.2) is 0 Å². The van der Waals surface area contributed by atoms with E-state index in [4.69, 9.17) is 4.74 Å². The van der Waals surface area contributed by atoms with Crippen LogP contribution in [0.2, 0.25) is 0 Å². The number of aliphatic hydroxyl groups is 1. The number of hydrogen-bond donors (Lipinski definition) is 1. The third kappa shape index (κ3) is 4.83. The van der Waals surface area contributed by atoms with Gasteiger partial charge in [0.1, 0.15) is 18.5 Å². The minimum Gasteiger partial charge on any atom is -0.491 e. The molecule has 0 aliphatic carbocycles. The van der Waals surface area contributed by atoms with E-state index >= 15 is 0 Å². The van der Waals surface area contributed by atoms with Gasteiger partial charge in [0.05, 0.1) is 0 Å². The van der Waals surface area contributed by atoms with Crippen LogP contribution >= 0.6 is 0 Å². The molecule has 1 aliphatic rings. The Labute approximate surface area is 151 Å². The number of β-amino-alcohol motifs (C(OH)–C–C–N with tert-alkyl or cyclic N) is 1. The average Bonchev–Trinajstić information content (AvgIpc) is 2.64. The van der Waals surface area contributed by atoms with Gasteiger partial charge in [-0.3, -0.25) is 4.90 Å². The molecule has 3 heteroatoms. The van der Waals surface area contributed by atoms with Gasteiger partial charge in [0, 0.05) is 18.6 Å². The molecule has 1 saturated heterocycles. The summed E-state index contributed by atoms with van der Waals surface area (Å²) in [7, 11) is 0. The van der Waals surface area contributed by atoms with Crippen LogP contribution in [0.5, 0.6) is 5.75 Å². The molecule has 1 aliphatic heterocycles. The molecule has 2 aromatic carbocycles. The zero-order chi connectivity index (χ0) is 17.6. The molecule has 1 fully saturated rings. The van der Waals surface area contributed by atoms with Crippen LogP contribution in [0, 0.1) is 0 Å². The number of benzene rings is 2. The summed E-state index contributed by atoms with van der Waals surface area (Å²) < 4.78 is 5.79. The lowest BCUT2D eigenvalue weighted by Crippen LogP contribution is -2.48. The summed E-state index contributed by atoms with van der Waals surface area (Å²) in [5.74, 6) is 0.804. The van der Waals surface area contributed by atoms with Crippen LogP contribution in [0.3, 0.4) is 0 Å². The monoisotopic (exact) mass is 339 g/mol. The predicted octanol–water partition coefficient (Wildman–Crippen LogP) is 4.36. The largest absolute Gasteiger partial charge is 0.491 e. The second-order valence-corrected chi connectivity index (χ2v) is 7.18. The van der Waals surface area contributed by atoms with Gasteiger partial charge in [-0.2, -0.15) is 0 Å². The topological polar surface area (TPSA) is 32.7 Å². The maximum Gasteiger partial charge on any atom is 0.119 e. The molecule has 1 N–H and O–H groups in total. The Morgan fingerprint density at radius 1 is 0.960 bits per heavy atom. The quantitative estimate of drug-likeness (QED) is 0.849. The number of ether oxygens (including phenoxy) is 1. The number of rotatable bonds is 6. The number of piperidine rings is 1. The Balaban J connectivity index is 1.51. The fourth-order valence-corrected chi connectivity index (χ4v) is 3.70. The van der Waals surface area contributed by atoms with Gasteiger partial charge in [-0.15, -0.1) is 0 Å². The summed E-state index contributed by atoms with van der Waals surface area (Å²) in [5.41, 5.74) is 2.37. The van der Waals surface area contributed by atoms with Crippen LogP contribution in [-0.4, -0.2) is 41.3 Å². The summed E-state index contributed by atoms with van der Waals surface area (Å²) in [6.07, 6.45) is 3.27. The number of likely N-dealkylation sites (tertiary alicyclic amines) is 1. The van der Waals surface area contributed by atoms with Crippen molar-refractivity contribution in [3.8, 4) is 16.9 Å². The third-order valence-corrected chi connectivity index (χ3v) is 5.20. The van der Waals surface area contributed by atoms with Crippen LogP contribution in [-0.2, 0) is 0 Å². The number of aliphatic hydroxyl groups excluding tert-OH is 1. The summed E-state index contributed by atoms with van der Waals surface area (Å²) in [5, 5.41) is 10.4. The van der Waals surface area contributed by atoms with E-state index in [9.17, 15) is 5.11 Å². The van der Waals surface area contributed by atoms with E-state index in [1.165, 1.54) is 30.4 Å². The predicted molar refractivity (Wildman–Crippen MR) is 103 cm³/mol. The van der Waals surface area contributed by atoms with Crippen molar-refractivity contribution >= 4 is 0 Å². The first kappa shape index (κ1) is 18.0. The van der Waals surface area contributed by atoms with Crippen molar-refractivity contribution in [2.45, 2.75) is 51.3 Å². The summed E-state index contributed by atoms with van der Waals surface area (Å²) in [6.45, 7) is 5.53. The van der Waals surface area contributed by atoms with E-state index < -0.39 is 6.10 Å². The van der Waals surface area contributed by atoms with E-state index in [2.05, 4.69) is 43.0 Å². The van der Waals surface area contributed by atoms with E-state index in [1.54, 1.807) is 0 Å². The molecule has 0 aromatic heterocycles. The summed E-state index contributed by atoms with van der Waals surface area (Å²) in [4.78, 5) is 2.41. The Morgan fingerprint density at radius 2 is 1.56 bits per heavy atom. The van der Waals surface area contributed by atoms with Crippen molar-refractivity contribution < 1.29 is 9.84 Å². The van der Waals surface area contributed by atoms with Gasteiger partial charge in [0.15, 0.2) is 0 Å². The van der Waals surface area contributed by atoms with Gasteiger partial charge in [0.25, 0.3) is 0 Å². The van der Waals surface area contributed by atoms with Crippen molar-refractivity contribution in [1.29, 1.82) is 0 Å². The summed E-state index contributed by atoms with van der Waals surface area (Å²) >= 11 is 0. The molecule has 3 nitrogen and oxygen atoms in total. The second-order valence-electron chi connectivity index (χ2n) is 7.18. The minimum atomic E-state index is -0.461. The molecule has 134 valence electrons. The van der Waals surface area contributed by atoms with Crippen molar-refractivity contribution in [3.05, 3.63) is 54.6 Å². The molecular weight excluding hydrogens is 310 g/mol. The smallest absolute Gasteiger partial charge is 0.119 e. The van der Waals surface area contributed by atoms with E-state index in [-0.39, 0.29) is 0 Å². The number of hydrogen-bond acceptors (Lipinski definition) is 3. The van der Waals surface area contributed by atoms with Crippen LogP contribution in [0.4, 0.5) is 0 Å². The zero-order valence-electron chi connectivity index (χ0n) is 15.3. The normalized spacial score (nSPS) is 22.5. The second kappa shape index (κ2) is 8.50. The molecule has 0 radical (unpaired) electrons. The molecule has 0 saturated carbocycles. The van der Waals surface area contributed by atoms with Crippen LogP contribution in [0.25, 0.3) is 11.1 Å². The van der Waals surface area contributed by atoms with Crippen LogP contribution in [0.1, 0.15) is 33.1 Å². The Hall–Kier alpha value is -1.84. The van der Waals surface area contributed by atoms with Crippen molar-refractivity contribution in [2.75, 3.05) is 13.2 Å². The first-order chi connectivity index (χ1) is 12.1. The highest BCUT2D eigenvalue weighted by Gasteiger charge is 2.26. The molecule has 3 atom stereocenters. The zero-order valence-corrected chi connectivity index (χ0v) is 15.3. The molecule has 2 aromatic rings. The Kier molecular flexibility index (Phi) is 6.11. The lowest BCUT2D eigenvalue weighted by atomic mass is 9.97. The van der Waals surface area contributed by atoms with Crippen molar-refractivity contribution in [3.63, 3.8) is 0 Å². The van der Waals surface area contributed by atoms with Crippen LogP contribution < -0.4 is 4.74 Å². The van der Waals surface area contributed by atoms with Crippen molar-refractivity contribution in [2.24, 2.45) is 0 Å². The van der Waals surface area contributed by atoms with E-state index in [0.717, 1.165) is 5.75 Å². The highest BCUT2D eigenvalue weighted by molar-refractivity contribution is 5.63. The molecular formula is C22H29NO2. The molecule has 0 amide bonds. The average molecular weight is 339 g/mol. The first-order valence-electron chi connectivity index (χ1n) is 9.35. The third-order valence-electron chi connectivity index (χ3n) is 5.20. The van der Waals surface area contributed by atoms with Gasteiger partial charge in [-0.05, 0) is 49.9 Å². The lowest BCUT2D eigenvalue weighted by molar-refractivity contribution is 0.0209. The molecule has 1 heterocycles. The molecule has 0 unspecified atom stereocenters. The fraction of sp³-hybridized carbons (Fsp3) is 0.455. The van der Waals surface area contributed by atoms with Gasteiger partial charge < -0.3 is 9.84 Å². The van der Waals surface area contributed by atoms with E-state index in [1.807, 2.05) is 30.3 Å². The first-order valence-corrected chi connectivity index (χ1v) is 9.35. The Morgan fingerprint density at radius 3 is 2.20 bits per heavy atom. The summed E-state index contributed by atoms with van der Waals surface area (Å²) in [6, 6.07) is 19.5. The molecule has 25 heavy (non-hydrogen) atoms. The maximum absolute atomic E-state index is 10.4. The van der Waals surface area contributed by atoms with E-state index in [0.29, 0.717) is 25.2 Å². The molecule has 3 rings (SSSR count). The molecule has 0 spiro atoms. The lowest BCUT2D eigenvalue weighted by Gasteiger charge is -2.40. The van der Waals surface area contributed by atoms with Gasteiger partial charge >= 0.3 is 0 Å². The van der Waals surface area contributed by atoms with Crippen LogP contribution in [0.15, 0.2) is 54.6 Å². The van der Waals surface area contributed by atoms with Gasteiger partial charge in [0.2, 0.25) is 0 Å². The van der Waals surface area contributed by atoms with Crippen molar-refractivity contribution in [1.82, 2.24) is 4.90 Å². The SMILES string of the molecule is C[C@H]1CCC[C@H](C)N1C[C@H](O)COc1ccc(-c2ccccc2)cc1.